The van der Waals surface area contributed by atoms with E-state index >= 15 is 0 Å². The molecule has 1 aromatic carbocycles. The van der Waals surface area contributed by atoms with Gasteiger partial charge in [-0.1, -0.05) is 11.3 Å². The summed E-state index contributed by atoms with van der Waals surface area (Å²) in [7, 11) is -1.50. The van der Waals surface area contributed by atoms with Crippen molar-refractivity contribution in [2.75, 3.05) is 42.7 Å². The summed E-state index contributed by atoms with van der Waals surface area (Å²) in [4.78, 5) is 13.8. The van der Waals surface area contributed by atoms with E-state index in [1.54, 1.807) is 6.07 Å². The SMILES string of the molecule is COCCOC(=O)c1nnc(N=Nc2cc3c(cc2NS(=O)(=O)CC(F)(F)F)N(C)C(C)CC3)s1. The van der Waals surface area contributed by atoms with Gasteiger partial charge in [-0.25, -0.2) is 13.2 Å². The fourth-order valence-corrected chi connectivity index (χ4v) is 4.80. The van der Waals surface area contributed by atoms with Crippen LogP contribution in [0.3, 0.4) is 0 Å². The lowest BCUT2D eigenvalue weighted by atomic mass is 9.96. The molecule has 1 atom stereocenters. The molecule has 0 amide bonds. The van der Waals surface area contributed by atoms with Crippen LogP contribution < -0.4 is 9.62 Å². The van der Waals surface area contributed by atoms with Crippen molar-refractivity contribution in [1.82, 2.24) is 10.2 Å². The van der Waals surface area contributed by atoms with E-state index in [2.05, 4.69) is 20.4 Å². The van der Waals surface area contributed by atoms with Gasteiger partial charge in [0.15, 0.2) is 5.75 Å². The third kappa shape index (κ3) is 7.32. The Morgan fingerprint density at radius 3 is 2.71 bits per heavy atom. The maximum absolute atomic E-state index is 12.7. The summed E-state index contributed by atoms with van der Waals surface area (Å²) in [6, 6.07) is 3.15. The molecule has 2 heterocycles. The smallest absolute Gasteiger partial charge is 0.404 e. The first-order valence-corrected chi connectivity index (χ1v) is 12.7. The molecule has 11 nitrogen and oxygen atoms in total. The van der Waals surface area contributed by atoms with Crippen molar-refractivity contribution in [1.29, 1.82) is 0 Å². The van der Waals surface area contributed by atoms with Crippen LogP contribution in [0, 0.1) is 0 Å². The number of carbonyl (C=O) groups excluding carboxylic acids is 1. The number of rotatable bonds is 9. The molecule has 1 unspecified atom stereocenters. The maximum Gasteiger partial charge on any atom is 0.404 e. The molecule has 1 aliphatic heterocycles. The number of halogens is 3. The predicted molar refractivity (Wildman–Crippen MR) is 122 cm³/mol. The van der Waals surface area contributed by atoms with Crippen LogP contribution in [0.2, 0.25) is 0 Å². The molecule has 3 rings (SSSR count). The van der Waals surface area contributed by atoms with Gasteiger partial charge in [-0.3, -0.25) is 4.72 Å². The van der Waals surface area contributed by atoms with Gasteiger partial charge in [0.05, 0.1) is 12.3 Å². The highest BCUT2D eigenvalue weighted by atomic mass is 32.2. The van der Waals surface area contributed by atoms with Crippen LogP contribution in [0.4, 0.5) is 35.4 Å². The fraction of sp³-hybridized carbons (Fsp3) is 0.526. The molecule has 1 aliphatic rings. The van der Waals surface area contributed by atoms with Gasteiger partial charge in [0.1, 0.15) is 12.3 Å². The first-order chi connectivity index (χ1) is 16.4. The van der Waals surface area contributed by atoms with Gasteiger partial charge >= 0.3 is 12.1 Å². The van der Waals surface area contributed by atoms with E-state index in [0.29, 0.717) is 12.1 Å². The van der Waals surface area contributed by atoms with Crippen molar-refractivity contribution in [3.8, 4) is 0 Å². The number of anilines is 2. The second-order valence-electron chi connectivity index (χ2n) is 7.69. The van der Waals surface area contributed by atoms with Gasteiger partial charge in [0.25, 0.3) is 5.13 Å². The molecule has 0 saturated carbocycles. The molecule has 0 fully saturated rings. The molecule has 0 saturated heterocycles. The van der Waals surface area contributed by atoms with E-state index in [4.69, 9.17) is 9.47 Å². The second kappa shape index (κ2) is 10.8. The van der Waals surface area contributed by atoms with E-state index in [1.165, 1.54) is 13.2 Å². The zero-order chi connectivity index (χ0) is 25.8. The lowest BCUT2D eigenvalue weighted by Gasteiger charge is -2.34. The van der Waals surface area contributed by atoms with Crippen molar-refractivity contribution in [2.45, 2.75) is 32.0 Å². The van der Waals surface area contributed by atoms with Gasteiger partial charge in [-0.15, -0.1) is 20.4 Å². The van der Waals surface area contributed by atoms with Crippen LogP contribution >= 0.6 is 11.3 Å². The Morgan fingerprint density at radius 2 is 2.03 bits per heavy atom. The number of benzene rings is 1. The standard InChI is InChI=1S/C19H23F3N6O5S2/c1-11-4-5-12-8-13(23-25-18-26-24-16(34-18)17(29)33-7-6-32-3)14(9-15(12)28(11)2)27-35(30,31)10-19(20,21)22/h8-9,11,27H,4-7,10H2,1-3H3. The summed E-state index contributed by atoms with van der Waals surface area (Å²) in [6.45, 7) is 2.21. The Bertz CT molecular complexity index is 1200. The van der Waals surface area contributed by atoms with Crippen LogP contribution in [0.5, 0.6) is 0 Å². The van der Waals surface area contributed by atoms with Gasteiger partial charge < -0.3 is 14.4 Å². The highest BCUT2D eigenvalue weighted by Crippen LogP contribution is 2.39. The summed E-state index contributed by atoms with van der Waals surface area (Å²) in [5.41, 5.74) is 1.33. The molecule has 1 N–H and O–H groups in total. The summed E-state index contributed by atoms with van der Waals surface area (Å²) in [5, 5.41) is 15.2. The highest BCUT2D eigenvalue weighted by molar-refractivity contribution is 7.92. The Balaban J connectivity index is 1.91. The third-order valence-electron chi connectivity index (χ3n) is 5.04. The van der Waals surface area contributed by atoms with Crippen LogP contribution in [-0.2, 0) is 25.9 Å². The van der Waals surface area contributed by atoms with Crippen molar-refractivity contribution in [3.63, 3.8) is 0 Å². The van der Waals surface area contributed by atoms with E-state index in [-0.39, 0.29) is 40.8 Å². The summed E-state index contributed by atoms with van der Waals surface area (Å²) in [6.07, 6.45) is -3.44. The average molecular weight is 537 g/mol. The molecule has 0 radical (unpaired) electrons. The molecule has 16 heteroatoms. The summed E-state index contributed by atoms with van der Waals surface area (Å²) in [5.74, 6) is -2.78. The number of alkyl halides is 3. The maximum atomic E-state index is 12.7. The number of hydrogen-bond acceptors (Lipinski definition) is 11. The van der Waals surface area contributed by atoms with Crippen LogP contribution in [-0.4, -0.2) is 69.9 Å². The van der Waals surface area contributed by atoms with Crippen molar-refractivity contribution in [2.24, 2.45) is 10.2 Å². The number of fused-ring (bicyclic) bond motifs is 1. The molecule has 0 spiro atoms. The van der Waals surface area contributed by atoms with Gasteiger partial charge in [-0.2, -0.15) is 13.2 Å². The van der Waals surface area contributed by atoms with Crippen LogP contribution in [0.25, 0.3) is 0 Å². The number of aromatic nitrogens is 2. The molecule has 35 heavy (non-hydrogen) atoms. The minimum atomic E-state index is -4.92. The van der Waals surface area contributed by atoms with Gasteiger partial charge in [-0.05, 0) is 37.5 Å². The van der Waals surface area contributed by atoms with E-state index in [1.807, 2.05) is 23.6 Å². The number of azo groups is 1. The van der Waals surface area contributed by atoms with E-state index in [9.17, 15) is 26.4 Å². The highest BCUT2D eigenvalue weighted by Gasteiger charge is 2.36. The zero-order valence-electron chi connectivity index (χ0n) is 19.0. The Morgan fingerprint density at radius 1 is 1.29 bits per heavy atom. The van der Waals surface area contributed by atoms with Crippen molar-refractivity contribution in [3.05, 3.63) is 22.7 Å². The molecule has 192 valence electrons. The van der Waals surface area contributed by atoms with E-state index < -0.39 is 27.9 Å². The minimum absolute atomic E-state index is 0.00289. The summed E-state index contributed by atoms with van der Waals surface area (Å²) < 4.78 is 74.2. The largest absolute Gasteiger partial charge is 0.458 e. The van der Waals surface area contributed by atoms with Crippen LogP contribution in [0.1, 0.15) is 28.7 Å². The number of hydrogen-bond donors (Lipinski definition) is 1. The van der Waals surface area contributed by atoms with Crippen LogP contribution in [0.15, 0.2) is 22.4 Å². The first-order valence-electron chi connectivity index (χ1n) is 10.3. The Kier molecular flexibility index (Phi) is 8.27. The number of carbonyl (C=O) groups is 1. The predicted octanol–water partition coefficient (Wildman–Crippen LogP) is 3.83. The topological polar surface area (TPSA) is 135 Å². The quantitative estimate of drug-likeness (QED) is 0.290. The lowest BCUT2D eigenvalue weighted by Crippen LogP contribution is -2.33. The number of nitrogens with one attached hydrogen (secondary N) is 1. The second-order valence-corrected chi connectivity index (χ2v) is 10.4. The van der Waals surface area contributed by atoms with Gasteiger partial charge in [0, 0.05) is 25.9 Å². The number of ether oxygens (including phenoxy) is 2. The summed E-state index contributed by atoms with van der Waals surface area (Å²) >= 11 is 0.781. The Labute approximate surface area is 203 Å². The zero-order valence-corrected chi connectivity index (χ0v) is 20.6. The number of sulfonamides is 1. The van der Waals surface area contributed by atoms with Crippen molar-refractivity contribution < 1.29 is 35.9 Å². The minimum Gasteiger partial charge on any atom is -0.458 e. The first kappa shape index (κ1) is 26.7. The van der Waals surface area contributed by atoms with Crippen molar-refractivity contribution >= 4 is 49.5 Å². The number of nitrogens with zero attached hydrogens (tertiary/aromatic N) is 5. The molecular formula is C19H23F3N6O5S2. The number of methoxy groups -OCH3 is 1. The Hall–Kier alpha value is -2.85. The fourth-order valence-electron chi connectivity index (χ4n) is 3.24. The normalized spacial score (nSPS) is 16.4. The molecule has 0 bridgehead atoms. The average Bonchev–Trinajstić information content (AvgIpc) is 3.23. The van der Waals surface area contributed by atoms with Gasteiger partial charge in [0.2, 0.25) is 15.0 Å². The van der Waals surface area contributed by atoms with E-state index in [0.717, 1.165) is 23.3 Å². The monoisotopic (exact) mass is 536 g/mol. The lowest BCUT2D eigenvalue weighted by molar-refractivity contribution is -0.106. The number of esters is 1. The number of aryl methyl sites for hydroxylation is 1. The molecule has 1 aromatic heterocycles. The third-order valence-corrected chi connectivity index (χ3v) is 7.07. The molecule has 2 aromatic rings. The molecule has 0 aliphatic carbocycles. The molecular weight excluding hydrogens is 513 g/mol.